The predicted molar refractivity (Wildman–Crippen MR) is 115 cm³/mol. The van der Waals surface area contributed by atoms with Crippen LogP contribution in [0.5, 0.6) is 11.5 Å². The SMILES string of the molecule is COc1ccc(OC)c(-c2nn(-c3cc([N+](=O)[O-])ccc3C)c3c2CCCCN3)c1. The maximum atomic E-state index is 11.4. The van der Waals surface area contributed by atoms with Crippen molar-refractivity contribution >= 4 is 11.5 Å². The van der Waals surface area contributed by atoms with E-state index in [-0.39, 0.29) is 10.6 Å². The van der Waals surface area contributed by atoms with Gasteiger partial charge in [-0.25, -0.2) is 4.68 Å². The van der Waals surface area contributed by atoms with E-state index in [2.05, 4.69) is 5.32 Å². The average Bonchev–Trinajstić information content (AvgIpc) is 2.93. The third-order valence-electron chi connectivity index (χ3n) is 5.42. The number of fused-ring (bicyclic) bond motifs is 1. The standard InChI is InChI=1S/C22H24N4O4/c1-14-7-8-15(26(27)28)12-19(14)25-22-17(6-4-5-11-23-22)21(24-25)18-13-16(29-2)9-10-20(18)30-3/h7-10,12-13,23H,4-6,11H2,1-3H3. The van der Waals surface area contributed by atoms with Crippen molar-refractivity contribution in [2.75, 3.05) is 26.1 Å². The summed E-state index contributed by atoms with van der Waals surface area (Å²) >= 11 is 0. The van der Waals surface area contributed by atoms with Crippen LogP contribution in [0.3, 0.4) is 0 Å². The Labute approximate surface area is 174 Å². The highest BCUT2D eigenvalue weighted by Crippen LogP contribution is 2.40. The van der Waals surface area contributed by atoms with Gasteiger partial charge in [0, 0.05) is 29.8 Å². The molecule has 1 N–H and O–H groups in total. The number of hydrogen-bond acceptors (Lipinski definition) is 6. The molecule has 8 nitrogen and oxygen atoms in total. The van der Waals surface area contributed by atoms with Gasteiger partial charge in [-0.2, -0.15) is 5.10 Å². The molecule has 2 aromatic carbocycles. The summed E-state index contributed by atoms with van der Waals surface area (Å²) in [5, 5.41) is 19.7. The first kappa shape index (κ1) is 19.8. The number of hydrogen-bond donors (Lipinski definition) is 1. The number of nitrogens with zero attached hydrogens (tertiary/aromatic N) is 3. The molecule has 1 aliphatic rings. The number of anilines is 1. The van der Waals surface area contributed by atoms with E-state index in [1.54, 1.807) is 31.0 Å². The zero-order valence-corrected chi connectivity index (χ0v) is 17.3. The van der Waals surface area contributed by atoms with Gasteiger partial charge in [0.15, 0.2) is 0 Å². The van der Waals surface area contributed by atoms with Gasteiger partial charge in [0.2, 0.25) is 0 Å². The van der Waals surface area contributed by atoms with Crippen LogP contribution in [0.15, 0.2) is 36.4 Å². The van der Waals surface area contributed by atoms with E-state index in [1.165, 1.54) is 6.07 Å². The van der Waals surface area contributed by atoms with E-state index >= 15 is 0 Å². The maximum absolute atomic E-state index is 11.4. The lowest BCUT2D eigenvalue weighted by Crippen LogP contribution is -2.08. The van der Waals surface area contributed by atoms with Gasteiger partial charge in [-0.05, 0) is 49.9 Å². The number of benzene rings is 2. The van der Waals surface area contributed by atoms with Crippen LogP contribution in [0.4, 0.5) is 11.5 Å². The molecule has 0 unspecified atom stereocenters. The number of ether oxygens (including phenoxy) is 2. The Morgan fingerprint density at radius 3 is 2.70 bits per heavy atom. The second kappa shape index (κ2) is 8.06. The molecule has 1 aromatic heterocycles. The molecule has 156 valence electrons. The van der Waals surface area contributed by atoms with E-state index in [0.717, 1.165) is 54.0 Å². The molecule has 0 aliphatic carbocycles. The minimum absolute atomic E-state index is 0.0361. The lowest BCUT2D eigenvalue weighted by atomic mass is 10.0. The third kappa shape index (κ3) is 3.45. The third-order valence-corrected chi connectivity index (χ3v) is 5.42. The number of methoxy groups -OCH3 is 2. The summed E-state index contributed by atoms with van der Waals surface area (Å²) < 4.78 is 12.8. The highest BCUT2D eigenvalue weighted by molar-refractivity contribution is 5.77. The van der Waals surface area contributed by atoms with Crippen LogP contribution >= 0.6 is 0 Å². The second-order valence-electron chi connectivity index (χ2n) is 7.27. The van der Waals surface area contributed by atoms with Crippen molar-refractivity contribution in [2.45, 2.75) is 26.2 Å². The molecule has 0 fully saturated rings. The van der Waals surface area contributed by atoms with Gasteiger partial charge >= 0.3 is 0 Å². The Hall–Kier alpha value is -3.55. The Morgan fingerprint density at radius 2 is 1.97 bits per heavy atom. The van der Waals surface area contributed by atoms with E-state index in [1.807, 2.05) is 25.1 Å². The molecule has 4 rings (SSSR count). The van der Waals surface area contributed by atoms with Gasteiger partial charge in [-0.3, -0.25) is 10.1 Å². The first-order valence-corrected chi connectivity index (χ1v) is 9.87. The number of non-ortho nitro benzene ring substituents is 1. The van der Waals surface area contributed by atoms with Crippen molar-refractivity contribution in [3.8, 4) is 28.4 Å². The summed E-state index contributed by atoms with van der Waals surface area (Å²) in [7, 11) is 3.25. The molecule has 0 amide bonds. The zero-order valence-electron chi connectivity index (χ0n) is 17.3. The van der Waals surface area contributed by atoms with Crippen molar-refractivity contribution in [1.29, 1.82) is 0 Å². The van der Waals surface area contributed by atoms with Gasteiger partial charge < -0.3 is 14.8 Å². The topological polar surface area (TPSA) is 91.5 Å². The van der Waals surface area contributed by atoms with E-state index in [9.17, 15) is 10.1 Å². The number of aryl methyl sites for hydroxylation is 1. The van der Waals surface area contributed by atoms with Crippen LogP contribution in [-0.4, -0.2) is 35.5 Å². The molecular formula is C22H24N4O4. The Balaban J connectivity index is 1.97. The number of rotatable bonds is 5. The molecule has 2 heterocycles. The molecule has 0 spiro atoms. The van der Waals surface area contributed by atoms with Crippen molar-refractivity contribution in [3.05, 3.63) is 57.6 Å². The van der Waals surface area contributed by atoms with Gasteiger partial charge in [-0.1, -0.05) is 6.07 Å². The summed E-state index contributed by atoms with van der Waals surface area (Å²) in [6.45, 7) is 2.75. The van der Waals surface area contributed by atoms with Crippen LogP contribution < -0.4 is 14.8 Å². The van der Waals surface area contributed by atoms with Crippen LogP contribution in [0, 0.1) is 17.0 Å². The Kier molecular flexibility index (Phi) is 5.31. The Bertz CT molecular complexity index is 1110. The highest BCUT2D eigenvalue weighted by atomic mass is 16.6. The van der Waals surface area contributed by atoms with Crippen molar-refractivity contribution in [3.63, 3.8) is 0 Å². The van der Waals surface area contributed by atoms with Crippen molar-refractivity contribution in [2.24, 2.45) is 0 Å². The lowest BCUT2D eigenvalue weighted by Gasteiger charge is -2.11. The summed E-state index contributed by atoms with van der Waals surface area (Å²) in [6, 6.07) is 10.5. The zero-order chi connectivity index (χ0) is 21.3. The summed E-state index contributed by atoms with van der Waals surface area (Å²) in [5.41, 5.74) is 4.32. The fraction of sp³-hybridized carbons (Fsp3) is 0.318. The van der Waals surface area contributed by atoms with Gasteiger partial charge in [-0.15, -0.1) is 0 Å². The lowest BCUT2D eigenvalue weighted by molar-refractivity contribution is -0.384. The van der Waals surface area contributed by atoms with Crippen LogP contribution in [-0.2, 0) is 6.42 Å². The number of nitro benzene ring substituents is 1. The van der Waals surface area contributed by atoms with Crippen molar-refractivity contribution in [1.82, 2.24) is 9.78 Å². The normalized spacial score (nSPS) is 13.2. The molecule has 0 saturated heterocycles. The molecular weight excluding hydrogens is 384 g/mol. The first-order valence-electron chi connectivity index (χ1n) is 9.87. The maximum Gasteiger partial charge on any atom is 0.271 e. The van der Waals surface area contributed by atoms with E-state index < -0.39 is 0 Å². The fourth-order valence-electron chi connectivity index (χ4n) is 3.83. The highest BCUT2D eigenvalue weighted by Gasteiger charge is 2.25. The summed E-state index contributed by atoms with van der Waals surface area (Å²) in [4.78, 5) is 11.0. The minimum Gasteiger partial charge on any atom is -0.497 e. The van der Waals surface area contributed by atoms with Gasteiger partial charge in [0.1, 0.15) is 23.0 Å². The molecule has 0 saturated carbocycles. The van der Waals surface area contributed by atoms with Gasteiger partial charge in [0.05, 0.1) is 24.8 Å². The van der Waals surface area contributed by atoms with Crippen LogP contribution in [0.1, 0.15) is 24.0 Å². The van der Waals surface area contributed by atoms with Crippen LogP contribution in [0.25, 0.3) is 16.9 Å². The minimum atomic E-state index is -0.384. The first-order chi connectivity index (χ1) is 14.5. The predicted octanol–water partition coefficient (Wildman–Crippen LogP) is 4.52. The fourth-order valence-corrected chi connectivity index (χ4v) is 3.83. The smallest absolute Gasteiger partial charge is 0.271 e. The Morgan fingerprint density at radius 1 is 1.13 bits per heavy atom. The number of nitro groups is 1. The average molecular weight is 408 g/mol. The van der Waals surface area contributed by atoms with Gasteiger partial charge in [0.25, 0.3) is 5.69 Å². The number of aromatic nitrogens is 2. The molecule has 1 aliphatic heterocycles. The van der Waals surface area contributed by atoms with E-state index in [0.29, 0.717) is 17.2 Å². The summed E-state index contributed by atoms with van der Waals surface area (Å²) in [6.07, 6.45) is 2.92. The quantitative estimate of drug-likeness (QED) is 0.493. The molecule has 0 atom stereocenters. The van der Waals surface area contributed by atoms with Crippen LogP contribution in [0.2, 0.25) is 0 Å². The number of nitrogens with one attached hydrogen (secondary N) is 1. The largest absolute Gasteiger partial charge is 0.497 e. The second-order valence-corrected chi connectivity index (χ2v) is 7.27. The molecule has 3 aromatic rings. The summed E-state index contributed by atoms with van der Waals surface area (Å²) in [5.74, 6) is 2.28. The molecule has 0 radical (unpaired) electrons. The van der Waals surface area contributed by atoms with Crippen molar-refractivity contribution < 1.29 is 14.4 Å². The monoisotopic (exact) mass is 408 g/mol. The molecule has 30 heavy (non-hydrogen) atoms. The molecule has 0 bridgehead atoms. The molecule has 8 heteroatoms. The van der Waals surface area contributed by atoms with E-state index in [4.69, 9.17) is 14.6 Å².